The van der Waals surface area contributed by atoms with E-state index in [0.717, 1.165) is 24.4 Å². The monoisotopic (exact) mass is 224 g/mol. The van der Waals surface area contributed by atoms with Crippen molar-refractivity contribution in [3.05, 3.63) is 5.75 Å². The van der Waals surface area contributed by atoms with E-state index in [9.17, 15) is 13.2 Å². The van der Waals surface area contributed by atoms with E-state index < -0.39 is 12.6 Å². The SMILES string of the molecule is FC(F)C(F)CCCCC1=NC[CH]S1. The number of aliphatic imine (C=N–C) groups is 1. The molecule has 1 nitrogen and oxygen atoms in total. The predicted octanol–water partition coefficient (Wildman–Crippen LogP) is 3.46. The Morgan fingerprint density at radius 2 is 2.14 bits per heavy atom. The molecular weight excluding hydrogens is 211 g/mol. The Labute approximate surface area is 86.2 Å². The standard InChI is InChI=1S/C9H13F3NS/c10-7(9(11)12)3-1-2-4-8-13-5-6-14-8/h6-7,9H,1-5H2. The Morgan fingerprint density at radius 1 is 1.36 bits per heavy atom. The number of hydrogen-bond donors (Lipinski definition) is 0. The molecule has 14 heavy (non-hydrogen) atoms. The van der Waals surface area contributed by atoms with E-state index in [-0.39, 0.29) is 6.42 Å². The minimum atomic E-state index is -2.83. The van der Waals surface area contributed by atoms with E-state index in [1.165, 1.54) is 0 Å². The minimum Gasteiger partial charge on any atom is -0.282 e. The number of alkyl halides is 3. The number of rotatable bonds is 6. The van der Waals surface area contributed by atoms with E-state index >= 15 is 0 Å². The largest absolute Gasteiger partial charge is 0.282 e. The summed E-state index contributed by atoms with van der Waals surface area (Å²) in [6, 6.07) is 0. The van der Waals surface area contributed by atoms with Crippen LogP contribution in [0.1, 0.15) is 25.7 Å². The zero-order valence-electron chi connectivity index (χ0n) is 7.76. The molecular formula is C9H13F3NS. The molecule has 1 radical (unpaired) electrons. The maximum atomic E-state index is 12.4. The van der Waals surface area contributed by atoms with Gasteiger partial charge in [0.2, 0.25) is 0 Å². The first-order valence-electron chi connectivity index (χ1n) is 4.64. The highest BCUT2D eigenvalue weighted by Crippen LogP contribution is 2.21. The molecule has 1 heterocycles. The zero-order chi connectivity index (χ0) is 10.4. The van der Waals surface area contributed by atoms with Crippen molar-refractivity contribution in [3.8, 4) is 0 Å². The molecule has 0 N–H and O–H groups in total. The molecule has 0 amide bonds. The summed E-state index contributed by atoms with van der Waals surface area (Å²) in [5.74, 6) is 1.99. The summed E-state index contributed by atoms with van der Waals surface area (Å²) in [5, 5.41) is 1.04. The van der Waals surface area contributed by atoms with Crippen molar-refractivity contribution >= 4 is 16.8 Å². The van der Waals surface area contributed by atoms with Crippen LogP contribution in [0.4, 0.5) is 13.2 Å². The number of thioether (sulfide) groups is 1. The van der Waals surface area contributed by atoms with Crippen molar-refractivity contribution in [1.29, 1.82) is 0 Å². The highest BCUT2D eigenvalue weighted by atomic mass is 32.2. The van der Waals surface area contributed by atoms with Crippen LogP contribution in [0.15, 0.2) is 4.99 Å². The van der Waals surface area contributed by atoms with Gasteiger partial charge in [-0.1, -0.05) is 0 Å². The number of hydrogen-bond acceptors (Lipinski definition) is 2. The Bertz CT molecular complexity index is 196. The second kappa shape index (κ2) is 6.32. The van der Waals surface area contributed by atoms with Crippen molar-refractivity contribution in [2.45, 2.75) is 38.3 Å². The number of unbranched alkanes of at least 4 members (excludes halogenated alkanes) is 1. The van der Waals surface area contributed by atoms with E-state index in [2.05, 4.69) is 4.99 Å². The molecule has 0 aromatic carbocycles. The Hall–Kier alpha value is -0.190. The normalized spacial score (nSPS) is 18.7. The third-order valence-corrected chi connectivity index (χ3v) is 2.88. The summed E-state index contributed by atoms with van der Waals surface area (Å²) < 4.78 is 35.9. The van der Waals surface area contributed by atoms with Crippen molar-refractivity contribution in [2.24, 2.45) is 4.99 Å². The molecule has 0 saturated carbocycles. The Morgan fingerprint density at radius 3 is 2.71 bits per heavy atom. The van der Waals surface area contributed by atoms with Gasteiger partial charge in [-0.05, 0) is 25.7 Å². The lowest BCUT2D eigenvalue weighted by atomic mass is 10.1. The summed E-state index contributed by atoms with van der Waals surface area (Å²) in [5.41, 5.74) is 0. The maximum Gasteiger partial charge on any atom is 0.269 e. The fourth-order valence-electron chi connectivity index (χ4n) is 1.19. The van der Waals surface area contributed by atoms with Crippen LogP contribution in [-0.4, -0.2) is 24.2 Å². The Balaban J connectivity index is 1.99. The van der Waals surface area contributed by atoms with Gasteiger partial charge in [0.25, 0.3) is 6.43 Å². The van der Waals surface area contributed by atoms with E-state index in [4.69, 9.17) is 0 Å². The average Bonchev–Trinajstić information content (AvgIpc) is 2.64. The molecule has 1 unspecified atom stereocenters. The molecule has 0 aliphatic carbocycles. The van der Waals surface area contributed by atoms with Gasteiger partial charge in [-0.2, -0.15) is 0 Å². The summed E-state index contributed by atoms with van der Waals surface area (Å²) in [6.45, 7) is 0.739. The molecule has 0 aromatic heterocycles. The van der Waals surface area contributed by atoms with Crippen LogP contribution in [0.3, 0.4) is 0 Å². The van der Waals surface area contributed by atoms with E-state index in [0.29, 0.717) is 6.42 Å². The maximum absolute atomic E-state index is 12.4. The third-order valence-electron chi connectivity index (χ3n) is 1.96. The molecule has 1 aliphatic rings. The lowest BCUT2D eigenvalue weighted by Gasteiger charge is -2.05. The molecule has 1 aliphatic heterocycles. The van der Waals surface area contributed by atoms with Crippen LogP contribution in [0.25, 0.3) is 0 Å². The quantitative estimate of drug-likeness (QED) is 0.629. The molecule has 81 valence electrons. The summed E-state index contributed by atoms with van der Waals surface area (Å²) in [4.78, 5) is 4.17. The van der Waals surface area contributed by atoms with Crippen LogP contribution in [-0.2, 0) is 0 Å². The molecule has 0 saturated heterocycles. The van der Waals surface area contributed by atoms with Crippen LogP contribution in [0.5, 0.6) is 0 Å². The first kappa shape index (κ1) is 11.9. The van der Waals surface area contributed by atoms with Gasteiger partial charge in [-0.15, -0.1) is 11.8 Å². The first-order valence-corrected chi connectivity index (χ1v) is 5.52. The minimum absolute atomic E-state index is 0.0423. The molecule has 1 atom stereocenters. The second-order valence-corrected chi connectivity index (χ2v) is 4.16. The van der Waals surface area contributed by atoms with Crippen LogP contribution in [0, 0.1) is 5.75 Å². The predicted molar refractivity (Wildman–Crippen MR) is 53.6 cm³/mol. The van der Waals surface area contributed by atoms with Crippen molar-refractivity contribution in [1.82, 2.24) is 0 Å². The van der Waals surface area contributed by atoms with Crippen molar-refractivity contribution < 1.29 is 13.2 Å². The van der Waals surface area contributed by atoms with Crippen LogP contribution in [0.2, 0.25) is 0 Å². The van der Waals surface area contributed by atoms with Gasteiger partial charge in [-0.3, -0.25) is 4.99 Å². The fourth-order valence-corrected chi connectivity index (χ4v) is 1.94. The van der Waals surface area contributed by atoms with Gasteiger partial charge in [0.05, 0.1) is 11.6 Å². The lowest BCUT2D eigenvalue weighted by Crippen LogP contribution is -2.11. The average molecular weight is 224 g/mol. The Kier molecular flexibility index (Phi) is 5.37. The number of nitrogens with zero attached hydrogens (tertiary/aromatic N) is 1. The van der Waals surface area contributed by atoms with E-state index in [1.807, 2.05) is 5.75 Å². The van der Waals surface area contributed by atoms with Gasteiger partial charge in [-0.25, -0.2) is 13.2 Å². The molecule has 1 rings (SSSR count). The highest BCUT2D eigenvalue weighted by molar-refractivity contribution is 8.15. The fraction of sp³-hybridized carbons (Fsp3) is 0.778. The van der Waals surface area contributed by atoms with Crippen molar-refractivity contribution in [2.75, 3.05) is 6.54 Å². The zero-order valence-corrected chi connectivity index (χ0v) is 8.57. The second-order valence-electron chi connectivity index (χ2n) is 3.12. The highest BCUT2D eigenvalue weighted by Gasteiger charge is 2.18. The smallest absolute Gasteiger partial charge is 0.269 e. The van der Waals surface area contributed by atoms with Gasteiger partial charge in [0.1, 0.15) is 0 Å². The summed E-state index contributed by atoms with van der Waals surface area (Å²) in [7, 11) is 0. The molecule has 0 fully saturated rings. The van der Waals surface area contributed by atoms with Crippen LogP contribution < -0.4 is 0 Å². The first-order chi connectivity index (χ1) is 6.70. The molecule has 0 spiro atoms. The number of halogens is 3. The summed E-state index contributed by atoms with van der Waals surface area (Å²) >= 11 is 1.59. The van der Waals surface area contributed by atoms with Gasteiger partial charge >= 0.3 is 0 Å². The molecule has 0 aromatic rings. The van der Waals surface area contributed by atoms with E-state index in [1.54, 1.807) is 11.8 Å². The van der Waals surface area contributed by atoms with Gasteiger partial charge < -0.3 is 0 Å². The molecule has 0 bridgehead atoms. The molecule has 5 heteroatoms. The van der Waals surface area contributed by atoms with Gasteiger partial charge in [0.15, 0.2) is 6.17 Å². The lowest BCUT2D eigenvalue weighted by molar-refractivity contribution is 0.0442. The van der Waals surface area contributed by atoms with Gasteiger partial charge in [0, 0.05) is 5.75 Å². The topological polar surface area (TPSA) is 12.4 Å². The van der Waals surface area contributed by atoms with Crippen LogP contribution >= 0.6 is 11.8 Å². The summed E-state index contributed by atoms with van der Waals surface area (Å²) in [6.07, 6.45) is -2.80. The van der Waals surface area contributed by atoms with Crippen molar-refractivity contribution in [3.63, 3.8) is 0 Å². The third kappa shape index (κ3) is 4.35.